The molecule has 1 atom stereocenters. The molecule has 1 aromatic heterocycles. The van der Waals surface area contributed by atoms with E-state index in [0.717, 1.165) is 56.6 Å². The average molecular weight is 370 g/mol. The molecule has 26 heavy (non-hydrogen) atoms. The van der Waals surface area contributed by atoms with Crippen LogP contribution >= 0.6 is 11.3 Å². The minimum atomic E-state index is -0.151. The van der Waals surface area contributed by atoms with Gasteiger partial charge in [-0.3, -0.25) is 14.9 Å². The summed E-state index contributed by atoms with van der Waals surface area (Å²) in [5.74, 6) is -0.151. The minimum Gasteiger partial charge on any atom is -0.338 e. The van der Waals surface area contributed by atoms with Gasteiger partial charge in [-0.15, -0.1) is 11.3 Å². The van der Waals surface area contributed by atoms with Gasteiger partial charge < -0.3 is 9.80 Å². The standard InChI is InChI=1S/C19H22N4O2S/c1-22-9-7-15-17(11-22)26-19(20-15)21-18(25)14-5-2-4-13(10-14)16-6-3-8-23(16)12-24/h2,4-5,10,12,16H,3,6-9,11H2,1H3,(H,20,21,25). The van der Waals surface area contributed by atoms with E-state index in [4.69, 9.17) is 0 Å². The Morgan fingerprint density at radius 2 is 2.27 bits per heavy atom. The molecule has 1 N–H and O–H groups in total. The van der Waals surface area contributed by atoms with Crippen molar-refractivity contribution in [1.29, 1.82) is 0 Å². The smallest absolute Gasteiger partial charge is 0.257 e. The van der Waals surface area contributed by atoms with Crippen molar-refractivity contribution in [2.75, 3.05) is 25.5 Å². The van der Waals surface area contributed by atoms with Crippen molar-refractivity contribution in [2.45, 2.75) is 31.8 Å². The molecule has 1 saturated heterocycles. The van der Waals surface area contributed by atoms with Crippen LogP contribution in [-0.2, 0) is 17.8 Å². The summed E-state index contributed by atoms with van der Waals surface area (Å²) in [4.78, 5) is 33.8. The third-order valence-corrected chi connectivity index (χ3v) is 6.10. The summed E-state index contributed by atoms with van der Waals surface area (Å²) < 4.78 is 0. The summed E-state index contributed by atoms with van der Waals surface area (Å²) in [6, 6.07) is 7.64. The van der Waals surface area contributed by atoms with Crippen molar-refractivity contribution >= 4 is 28.8 Å². The maximum atomic E-state index is 12.7. The molecule has 0 aliphatic carbocycles. The molecule has 0 saturated carbocycles. The number of amides is 2. The van der Waals surface area contributed by atoms with E-state index in [1.54, 1.807) is 17.4 Å². The van der Waals surface area contributed by atoms with Crippen LogP contribution in [0, 0.1) is 0 Å². The number of fused-ring (bicyclic) bond motifs is 1. The predicted molar refractivity (Wildman–Crippen MR) is 101 cm³/mol. The molecule has 0 spiro atoms. The lowest BCUT2D eigenvalue weighted by molar-refractivity contribution is -0.118. The van der Waals surface area contributed by atoms with Crippen LogP contribution in [0.15, 0.2) is 24.3 Å². The van der Waals surface area contributed by atoms with E-state index >= 15 is 0 Å². The highest BCUT2D eigenvalue weighted by Crippen LogP contribution is 2.31. The number of thiazole rings is 1. The van der Waals surface area contributed by atoms with E-state index in [1.165, 1.54) is 4.88 Å². The first kappa shape index (κ1) is 17.2. The van der Waals surface area contributed by atoms with Gasteiger partial charge in [0.2, 0.25) is 6.41 Å². The maximum absolute atomic E-state index is 12.7. The minimum absolute atomic E-state index is 0.0722. The number of nitrogens with one attached hydrogen (secondary N) is 1. The molecule has 1 unspecified atom stereocenters. The maximum Gasteiger partial charge on any atom is 0.257 e. The number of rotatable bonds is 4. The second-order valence-corrected chi connectivity index (χ2v) is 8.04. The highest BCUT2D eigenvalue weighted by Gasteiger charge is 2.25. The number of hydrogen-bond donors (Lipinski definition) is 1. The summed E-state index contributed by atoms with van der Waals surface area (Å²) >= 11 is 1.56. The third kappa shape index (κ3) is 3.37. The monoisotopic (exact) mass is 370 g/mol. The molecule has 7 heteroatoms. The Bertz CT molecular complexity index is 835. The van der Waals surface area contributed by atoms with Gasteiger partial charge in [0.05, 0.1) is 11.7 Å². The average Bonchev–Trinajstić information content (AvgIpc) is 3.27. The summed E-state index contributed by atoms with van der Waals surface area (Å²) in [6.07, 6.45) is 3.77. The van der Waals surface area contributed by atoms with E-state index in [2.05, 4.69) is 22.2 Å². The zero-order chi connectivity index (χ0) is 18.1. The summed E-state index contributed by atoms with van der Waals surface area (Å²) in [5.41, 5.74) is 2.72. The van der Waals surface area contributed by atoms with Gasteiger partial charge in [-0.2, -0.15) is 0 Å². The molecule has 1 fully saturated rings. The molecule has 2 amide bonds. The molecule has 2 aliphatic rings. The number of carbonyl (C=O) groups excluding carboxylic acids is 2. The Balaban J connectivity index is 1.50. The van der Waals surface area contributed by atoms with Crippen LogP contribution in [0.1, 0.15) is 45.4 Å². The Labute approximate surface area is 156 Å². The van der Waals surface area contributed by atoms with Crippen molar-refractivity contribution < 1.29 is 9.59 Å². The number of carbonyl (C=O) groups is 2. The summed E-state index contributed by atoms with van der Waals surface area (Å²) in [7, 11) is 2.10. The topological polar surface area (TPSA) is 65.5 Å². The second kappa shape index (κ2) is 7.17. The molecule has 1 aromatic carbocycles. The quantitative estimate of drug-likeness (QED) is 0.841. The molecule has 136 valence electrons. The van der Waals surface area contributed by atoms with E-state index < -0.39 is 0 Å². The largest absolute Gasteiger partial charge is 0.338 e. The highest BCUT2D eigenvalue weighted by atomic mass is 32.1. The van der Waals surface area contributed by atoms with Gasteiger partial charge >= 0.3 is 0 Å². The Morgan fingerprint density at radius 3 is 3.12 bits per heavy atom. The lowest BCUT2D eigenvalue weighted by Gasteiger charge is -2.20. The van der Waals surface area contributed by atoms with Crippen molar-refractivity contribution in [3.63, 3.8) is 0 Å². The van der Waals surface area contributed by atoms with Crippen molar-refractivity contribution in [3.8, 4) is 0 Å². The van der Waals surface area contributed by atoms with Crippen LogP contribution < -0.4 is 5.32 Å². The number of likely N-dealkylation sites (N-methyl/N-ethyl adjacent to an activating group) is 1. The number of hydrogen-bond acceptors (Lipinski definition) is 5. The molecule has 0 bridgehead atoms. The van der Waals surface area contributed by atoms with Gasteiger partial charge in [-0.05, 0) is 37.6 Å². The Morgan fingerprint density at radius 1 is 1.38 bits per heavy atom. The van der Waals surface area contributed by atoms with Gasteiger partial charge in [0.25, 0.3) is 5.91 Å². The van der Waals surface area contributed by atoms with Crippen LogP contribution in [0.2, 0.25) is 0 Å². The first-order valence-electron chi connectivity index (χ1n) is 8.93. The van der Waals surface area contributed by atoms with Gasteiger partial charge in [0, 0.05) is 36.5 Å². The van der Waals surface area contributed by atoms with Crippen LogP contribution in [0.3, 0.4) is 0 Å². The van der Waals surface area contributed by atoms with Crippen molar-refractivity contribution in [1.82, 2.24) is 14.8 Å². The number of anilines is 1. The number of aromatic nitrogens is 1. The lowest BCUT2D eigenvalue weighted by Crippen LogP contribution is -2.25. The molecule has 4 rings (SSSR count). The molecule has 6 nitrogen and oxygen atoms in total. The highest BCUT2D eigenvalue weighted by molar-refractivity contribution is 7.15. The fourth-order valence-corrected chi connectivity index (χ4v) is 4.79. The zero-order valence-corrected chi connectivity index (χ0v) is 15.6. The number of likely N-dealkylation sites (tertiary alicyclic amines) is 1. The third-order valence-electron chi connectivity index (χ3n) is 5.11. The molecular weight excluding hydrogens is 348 g/mol. The SMILES string of the molecule is CN1CCc2nc(NC(=O)c3cccc(C4CCCN4C=O)c3)sc2C1. The van der Waals surface area contributed by atoms with Crippen LogP contribution in [0.25, 0.3) is 0 Å². The van der Waals surface area contributed by atoms with E-state index in [9.17, 15) is 9.59 Å². The van der Waals surface area contributed by atoms with E-state index in [-0.39, 0.29) is 11.9 Å². The van der Waals surface area contributed by atoms with Gasteiger partial charge in [0.15, 0.2) is 5.13 Å². The molecule has 2 aliphatic heterocycles. The Kier molecular flexibility index (Phi) is 4.74. The van der Waals surface area contributed by atoms with E-state index in [0.29, 0.717) is 10.7 Å². The number of benzene rings is 1. The molecule has 3 heterocycles. The Hall–Kier alpha value is -2.25. The van der Waals surface area contributed by atoms with Gasteiger partial charge in [0.1, 0.15) is 0 Å². The zero-order valence-electron chi connectivity index (χ0n) is 14.8. The van der Waals surface area contributed by atoms with Crippen LogP contribution in [0.5, 0.6) is 0 Å². The van der Waals surface area contributed by atoms with Crippen molar-refractivity contribution in [3.05, 3.63) is 46.0 Å². The first-order chi connectivity index (χ1) is 12.6. The second-order valence-electron chi connectivity index (χ2n) is 6.96. The normalized spacial score (nSPS) is 20.0. The van der Waals surface area contributed by atoms with Gasteiger partial charge in [-0.1, -0.05) is 12.1 Å². The molecule has 0 radical (unpaired) electrons. The van der Waals surface area contributed by atoms with Crippen molar-refractivity contribution in [2.24, 2.45) is 0 Å². The summed E-state index contributed by atoms with van der Waals surface area (Å²) in [6.45, 7) is 2.67. The van der Waals surface area contributed by atoms with Crippen LogP contribution in [0.4, 0.5) is 5.13 Å². The lowest BCUT2D eigenvalue weighted by atomic mass is 10.0. The number of nitrogens with zero attached hydrogens (tertiary/aromatic N) is 3. The summed E-state index contributed by atoms with van der Waals surface area (Å²) in [5, 5.41) is 3.60. The fraction of sp³-hybridized carbons (Fsp3) is 0.421. The fourth-order valence-electron chi connectivity index (χ4n) is 3.71. The molecule has 2 aromatic rings. The molecular formula is C19H22N4O2S. The van der Waals surface area contributed by atoms with Crippen LogP contribution in [-0.4, -0.2) is 47.2 Å². The predicted octanol–water partition coefficient (Wildman–Crippen LogP) is 2.68. The van der Waals surface area contributed by atoms with Gasteiger partial charge in [-0.25, -0.2) is 4.98 Å². The van der Waals surface area contributed by atoms with E-state index in [1.807, 2.05) is 23.1 Å². The first-order valence-corrected chi connectivity index (χ1v) is 9.75.